The van der Waals surface area contributed by atoms with Crippen LogP contribution in [-0.2, 0) is 42.2 Å². The molecule has 0 aromatic rings. The molecule has 2 N–H and O–H groups in total. The molecule has 0 radical (unpaired) electrons. The molecular weight excluding hydrogens is 1020 g/mol. The highest BCUT2D eigenvalue weighted by Crippen LogP contribution is 2.43. The van der Waals surface area contributed by atoms with E-state index in [1.165, 1.54) is 116 Å². The molecule has 0 bridgehead atoms. The monoisotopic (exact) mass is 1140 g/mol. The van der Waals surface area contributed by atoms with E-state index in [0.717, 1.165) is 128 Å². The van der Waals surface area contributed by atoms with Crippen molar-refractivity contribution in [3.05, 3.63) is 72.9 Å². The second kappa shape index (κ2) is 62.0. The van der Waals surface area contributed by atoms with E-state index in [-0.39, 0.29) is 25.9 Å². The molecule has 0 fully saturated rings. The fraction of sp³-hybridized carbons (Fsp3) is 0.779. The highest BCUT2D eigenvalue weighted by Gasteiger charge is 2.28. The van der Waals surface area contributed by atoms with Crippen LogP contribution in [-0.4, -0.2) is 66.5 Å². The zero-order valence-corrected chi connectivity index (χ0v) is 52.4. The Balaban J connectivity index is 4.68. The van der Waals surface area contributed by atoms with Crippen LogP contribution in [0.3, 0.4) is 0 Å². The second-order valence-corrected chi connectivity index (χ2v) is 23.3. The van der Waals surface area contributed by atoms with E-state index in [9.17, 15) is 28.9 Å². The molecule has 3 unspecified atom stereocenters. The van der Waals surface area contributed by atoms with Gasteiger partial charge in [-0.2, -0.15) is 0 Å². The molecule has 0 aliphatic rings. The molecule has 464 valence electrons. The first-order valence-corrected chi connectivity index (χ1v) is 34.3. The highest BCUT2D eigenvalue weighted by molar-refractivity contribution is 7.47. The molecule has 0 saturated carbocycles. The lowest BCUT2D eigenvalue weighted by atomic mass is 10.0. The van der Waals surface area contributed by atoms with Crippen LogP contribution in [0.4, 0.5) is 0 Å². The van der Waals surface area contributed by atoms with Crippen LogP contribution in [0.15, 0.2) is 72.9 Å². The third-order valence-electron chi connectivity index (χ3n) is 14.1. The summed E-state index contributed by atoms with van der Waals surface area (Å²) in [7, 11) is -4.76. The van der Waals surface area contributed by atoms with Gasteiger partial charge in [-0.15, -0.1) is 0 Å². The largest absolute Gasteiger partial charge is 0.472 e. The molecule has 0 heterocycles. The summed E-state index contributed by atoms with van der Waals surface area (Å²) >= 11 is 0. The van der Waals surface area contributed by atoms with Gasteiger partial charge in [0.2, 0.25) is 0 Å². The van der Waals surface area contributed by atoms with Gasteiger partial charge in [0.15, 0.2) is 6.10 Å². The van der Waals surface area contributed by atoms with Crippen LogP contribution in [0, 0.1) is 0 Å². The summed E-state index contributed by atoms with van der Waals surface area (Å²) in [5.74, 6) is -1.47. The molecule has 0 saturated heterocycles. The van der Waals surface area contributed by atoms with E-state index >= 15 is 0 Å². The Kier molecular flexibility index (Phi) is 59.6. The lowest BCUT2D eigenvalue weighted by Gasteiger charge is -2.21. The summed E-state index contributed by atoms with van der Waals surface area (Å²) in [5, 5.41) is 9.86. The average Bonchev–Trinajstić information content (AvgIpc) is 3.45. The van der Waals surface area contributed by atoms with Crippen LogP contribution < -0.4 is 0 Å². The maximum absolute atomic E-state index is 13.0. The summed E-state index contributed by atoms with van der Waals surface area (Å²) in [6.45, 7) is 4.46. The highest BCUT2D eigenvalue weighted by atomic mass is 31.2. The van der Waals surface area contributed by atoms with Crippen molar-refractivity contribution in [2.45, 2.75) is 315 Å². The zero-order chi connectivity index (χ0) is 58.3. The van der Waals surface area contributed by atoms with Crippen molar-refractivity contribution in [2.75, 3.05) is 26.4 Å². The summed E-state index contributed by atoms with van der Waals surface area (Å²) in [6.07, 6.45) is 71.4. The van der Waals surface area contributed by atoms with Gasteiger partial charge in [0.25, 0.3) is 0 Å². The van der Waals surface area contributed by atoms with Gasteiger partial charge in [-0.05, 0) is 83.5 Å². The minimum atomic E-state index is -4.76. The Hall–Kier alpha value is -3.08. The summed E-state index contributed by atoms with van der Waals surface area (Å²) in [6, 6.07) is 0. The molecule has 0 aromatic carbocycles. The summed E-state index contributed by atoms with van der Waals surface area (Å²) < 4.78 is 39.7. The molecule has 12 heteroatoms. The van der Waals surface area contributed by atoms with Crippen molar-refractivity contribution in [3.8, 4) is 0 Å². The first-order valence-electron chi connectivity index (χ1n) is 32.8. The fourth-order valence-electron chi connectivity index (χ4n) is 9.21. The van der Waals surface area contributed by atoms with E-state index in [4.69, 9.17) is 23.3 Å². The third-order valence-corrected chi connectivity index (χ3v) is 15.1. The number of phosphoric acid groups is 1. The maximum atomic E-state index is 13.0. The number of unbranched alkanes of at least 4 members (excludes halogenated alkanes) is 32. The number of ether oxygens (including phenoxy) is 3. The van der Waals surface area contributed by atoms with E-state index in [2.05, 4.69) is 93.7 Å². The standard InChI is InChI=1S/C68H121O11P/c1-4-7-10-13-16-19-22-25-28-31-32-35-36-39-42-45-48-51-54-57-66(70)75-61-65(79-68(72)59-56-53-50-47-44-41-38-34-30-27-24-21-18-15-12-9-6-3)63-77-80(73,74)76-62-64(60-69)78-67(71)58-55-52-49-46-43-40-37-33-29-26-23-20-17-14-11-8-5-2/h8-9,11-12,17-18,20-21,26-27,29-30,64-65,69H,4-7,10,13-16,19,22-25,28,31-63H2,1-3H3,(H,73,74)/b11-8-,12-9-,20-17-,21-18-,29-26-,30-27-. The zero-order valence-electron chi connectivity index (χ0n) is 51.5. The van der Waals surface area contributed by atoms with Crippen molar-refractivity contribution < 1.29 is 52.2 Å². The minimum Gasteiger partial charge on any atom is -0.462 e. The predicted octanol–water partition coefficient (Wildman–Crippen LogP) is 20.0. The van der Waals surface area contributed by atoms with Gasteiger partial charge in [0, 0.05) is 19.3 Å². The number of phosphoric ester groups is 1. The van der Waals surface area contributed by atoms with Gasteiger partial charge in [-0.25, -0.2) is 4.57 Å². The van der Waals surface area contributed by atoms with Crippen molar-refractivity contribution >= 4 is 25.7 Å². The quantitative estimate of drug-likeness (QED) is 0.0197. The second-order valence-electron chi connectivity index (χ2n) is 21.9. The number of hydrogen-bond acceptors (Lipinski definition) is 10. The first kappa shape index (κ1) is 76.9. The number of rotatable bonds is 61. The summed E-state index contributed by atoms with van der Waals surface area (Å²) in [4.78, 5) is 48.8. The van der Waals surface area contributed by atoms with E-state index in [0.29, 0.717) is 19.3 Å². The number of hydrogen-bond donors (Lipinski definition) is 2. The number of carbonyl (C=O) groups excluding carboxylic acids is 3. The van der Waals surface area contributed by atoms with Gasteiger partial charge in [0.05, 0.1) is 19.8 Å². The number of esters is 3. The molecule has 0 aromatic heterocycles. The average molecular weight is 1150 g/mol. The van der Waals surface area contributed by atoms with Gasteiger partial charge in [0.1, 0.15) is 12.7 Å². The molecule has 0 aliphatic heterocycles. The van der Waals surface area contributed by atoms with Crippen molar-refractivity contribution in [1.82, 2.24) is 0 Å². The molecule has 0 amide bonds. The molecular formula is C68H121O11P. The molecule has 0 aliphatic carbocycles. The fourth-order valence-corrected chi connectivity index (χ4v) is 10.00. The number of carbonyl (C=O) groups is 3. The Morgan fingerprint density at radius 3 is 1.00 bits per heavy atom. The molecule has 3 atom stereocenters. The van der Waals surface area contributed by atoms with Gasteiger partial charge in [-0.3, -0.25) is 23.4 Å². The number of aliphatic hydroxyl groups excluding tert-OH is 1. The van der Waals surface area contributed by atoms with Gasteiger partial charge >= 0.3 is 25.7 Å². The number of allylic oxidation sites excluding steroid dienone is 12. The molecule has 11 nitrogen and oxygen atoms in total. The minimum absolute atomic E-state index is 0.156. The Morgan fingerprint density at radius 1 is 0.362 bits per heavy atom. The van der Waals surface area contributed by atoms with Crippen LogP contribution in [0.25, 0.3) is 0 Å². The first-order chi connectivity index (χ1) is 39.2. The predicted molar refractivity (Wildman–Crippen MR) is 335 cm³/mol. The summed E-state index contributed by atoms with van der Waals surface area (Å²) in [5.41, 5.74) is 0. The topological polar surface area (TPSA) is 155 Å². The smallest absolute Gasteiger partial charge is 0.462 e. The maximum Gasteiger partial charge on any atom is 0.472 e. The Morgan fingerprint density at radius 2 is 0.650 bits per heavy atom. The van der Waals surface area contributed by atoms with Crippen molar-refractivity contribution in [3.63, 3.8) is 0 Å². The van der Waals surface area contributed by atoms with Crippen LogP contribution >= 0.6 is 7.82 Å². The SMILES string of the molecule is CC/C=C\C/C=C\C/C=C\CCCCCCCCCC(=O)OC(CO)COP(=O)(O)OCC(COC(=O)CCCCCCCCCCCCCCCCCCCCC)OC(=O)CCCCCCCCC/C=C\C/C=C\C/C=C\CC. The van der Waals surface area contributed by atoms with E-state index < -0.39 is 57.8 Å². The molecule has 0 rings (SSSR count). The van der Waals surface area contributed by atoms with Crippen molar-refractivity contribution in [2.24, 2.45) is 0 Å². The van der Waals surface area contributed by atoms with Crippen molar-refractivity contribution in [1.29, 1.82) is 0 Å². The lowest BCUT2D eigenvalue weighted by Crippen LogP contribution is -2.30. The normalized spacial score (nSPS) is 13.7. The number of aliphatic hydroxyl groups is 1. The van der Waals surface area contributed by atoms with Crippen LogP contribution in [0.1, 0.15) is 303 Å². The Bertz CT molecular complexity index is 1620. The third kappa shape index (κ3) is 59.5. The molecule has 0 spiro atoms. The van der Waals surface area contributed by atoms with Crippen LogP contribution in [0.5, 0.6) is 0 Å². The van der Waals surface area contributed by atoms with Crippen LogP contribution in [0.2, 0.25) is 0 Å². The van der Waals surface area contributed by atoms with Gasteiger partial charge in [-0.1, -0.05) is 273 Å². The van der Waals surface area contributed by atoms with E-state index in [1.54, 1.807) is 0 Å². The van der Waals surface area contributed by atoms with Gasteiger partial charge < -0.3 is 24.2 Å². The lowest BCUT2D eigenvalue weighted by molar-refractivity contribution is -0.161. The molecule has 80 heavy (non-hydrogen) atoms. The Labute approximate surface area is 490 Å². The van der Waals surface area contributed by atoms with E-state index in [1.807, 2.05) is 0 Å².